The fourth-order valence-electron chi connectivity index (χ4n) is 3.92. The summed E-state index contributed by atoms with van der Waals surface area (Å²) in [4.78, 5) is 7.05. The van der Waals surface area contributed by atoms with Crippen molar-refractivity contribution >= 4 is 5.69 Å². The van der Waals surface area contributed by atoms with E-state index in [1.54, 1.807) is 0 Å². The van der Waals surface area contributed by atoms with Gasteiger partial charge in [-0.25, -0.2) is 0 Å². The van der Waals surface area contributed by atoms with Crippen LogP contribution in [-0.4, -0.2) is 17.6 Å². The van der Waals surface area contributed by atoms with Gasteiger partial charge in [-0.1, -0.05) is 12.8 Å². The number of nitrogens with two attached hydrogens (primary N) is 1. The van der Waals surface area contributed by atoms with Crippen molar-refractivity contribution in [3.8, 4) is 0 Å². The number of anilines is 1. The molecule has 0 aromatic carbocycles. The van der Waals surface area contributed by atoms with Crippen molar-refractivity contribution in [2.75, 3.05) is 11.4 Å². The Bertz CT molecular complexity index is 442. The fraction of sp³-hybridized carbons (Fsp3) is 0.688. The first-order valence-corrected chi connectivity index (χ1v) is 7.72. The molecule has 1 saturated carbocycles. The lowest BCUT2D eigenvalue weighted by Gasteiger charge is -2.46. The first-order valence-electron chi connectivity index (χ1n) is 7.72. The molecule has 1 aliphatic heterocycles. The maximum atomic E-state index is 5.91. The summed E-state index contributed by atoms with van der Waals surface area (Å²) < 4.78 is 0. The molecular weight excluding hydrogens is 234 g/mol. The molecule has 2 fully saturated rings. The van der Waals surface area contributed by atoms with E-state index in [2.05, 4.69) is 22.9 Å². The summed E-state index contributed by atoms with van der Waals surface area (Å²) in [6, 6.07) is 2.98. The Kier molecular flexibility index (Phi) is 3.74. The second kappa shape index (κ2) is 5.49. The van der Waals surface area contributed by atoms with Crippen molar-refractivity contribution in [3.05, 3.63) is 23.5 Å². The van der Waals surface area contributed by atoms with Gasteiger partial charge in [0, 0.05) is 42.3 Å². The molecule has 1 aromatic heterocycles. The van der Waals surface area contributed by atoms with E-state index in [0.29, 0.717) is 6.54 Å². The molecule has 2 N–H and O–H groups in total. The Labute approximate surface area is 116 Å². The first kappa shape index (κ1) is 12.9. The monoisotopic (exact) mass is 259 g/mol. The molecule has 2 atom stereocenters. The predicted octanol–water partition coefficient (Wildman–Crippen LogP) is 3.01. The van der Waals surface area contributed by atoms with E-state index in [4.69, 9.17) is 5.73 Å². The van der Waals surface area contributed by atoms with Gasteiger partial charge in [-0.15, -0.1) is 0 Å². The van der Waals surface area contributed by atoms with Crippen molar-refractivity contribution in [1.29, 1.82) is 0 Å². The van der Waals surface area contributed by atoms with Gasteiger partial charge in [0.25, 0.3) is 0 Å². The van der Waals surface area contributed by atoms with Crippen LogP contribution in [0, 0.1) is 12.8 Å². The van der Waals surface area contributed by atoms with Crippen LogP contribution in [0.15, 0.2) is 12.3 Å². The van der Waals surface area contributed by atoms with E-state index >= 15 is 0 Å². The van der Waals surface area contributed by atoms with Crippen LogP contribution in [0.1, 0.15) is 49.8 Å². The minimum absolute atomic E-state index is 0.594. The van der Waals surface area contributed by atoms with Crippen LogP contribution in [0.4, 0.5) is 5.69 Å². The minimum Gasteiger partial charge on any atom is -0.368 e. The average Bonchev–Trinajstić information content (AvgIpc) is 2.46. The van der Waals surface area contributed by atoms with Crippen LogP contribution < -0.4 is 10.6 Å². The molecule has 0 spiro atoms. The molecule has 3 rings (SSSR count). The van der Waals surface area contributed by atoms with Gasteiger partial charge in [-0.05, 0) is 44.6 Å². The highest BCUT2D eigenvalue weighted by atomic mass is 15.2. The fourth-order valence-corrected chi connectivity index (χ4v) is 3.92. The number of nitrogens with zero attached hydrogens (tertiary/aromatic N) is 2. The van der Waals surface area contributed by atoms with E-state index in [9.17, 15) is 0 Å². The number of hydrogen-bond donors (Lipinski definition) is 1. The number of hydrogen-bond acceptors (Lipinski definition) is 3. The molecule has 1 aliphatic carbocycles. The van der Waals surface area contributed by atoms with Crippen LogP contribution in [0.2, 0.25) is 0 Å². The predicted molar refractivity (Wildman–Crippen MR) is 79.2 cm³/mol. The molecule has 0 radical (unpaired) electrons. The highest BCUT2D eigenvalue weighted by Gasteiger charge is 2.33. The molecule has 2 aliphatic rings. The summed E-state index contributed by atoms with van der Waals surface area (Å²) in [5.74, 6) is 0.904. The van der Waals surface area contributed by atoms with Crippen molar-refractivity contribution in [1.82, 2.24) is 4.98 Å². The lowest BCUT2D eigenvalue weighted by atomic mass is 9.78. The zero-order valence-electron chi connectivity index (χ0n) is 11.9. The third kappa shape index (κ3) is 2.48. The van der Waals surface area contributed by atoms with Crippen molar-refractivity contribution in [2.24, 2.45) is 11.7 Å². The van der Waals surface area contributed by atoms with E-state index < -0.39 is 0 Å². The maximum absolute atomic E-state index is 5.91. The summed E-state index contributed by atoms with van der Waals surface area (Å²) >= 11 is 0. The Morgan fingerprint density at radius 2 is 2.05 bits per heavy atom. The molecular formula is C16H25N3. The quantitative estimate of drug-likeness (QED) is 0.887. The van der Waals surface area contributed by atoms with Crippen LogP contribution in [0.5, 0.6) is 0 Å². The third-order valence-electron chi connectivity index (χ3n) is 4.87. The third-order valence-corrected chi connectivity index (χ3v) is 4.87. The topological polar surface area (TPSA) is 42.1 Å². The van der Waals surface area contributed by atoms with Crippen molar-refractivity contribution < 1.29 is 0 Å². The summed E-state index contributed by atoms with van der Waals surface area (Å²) in [5, 5.41) is 0. The highest BCUT2D eigenvalue weighted by molar-refractivity contribution is 5.55. The smallest absolute Gasteiger partial charge is 0.0448 e. The standard InChI is InChI=1S/C16H25N3/c1-12-9-16(14(10-17)11-18-12)19-8-4-6-13-5-2-3-7-15(13)19/h9,11,13,15H,2-8,10,17H2,1H3. The van der Waals surface area contributed by atoms with Gasteiger partial charge < -0.3 is 10.6 Å². The number of aryl methyl sites for hydroxylation is 1. The van der Waals surface area contributed by atoms with Gasteiger partial charge in [0.05, 0.1) is 0 Å². The van der Waals surface area contributed by atoms with Gasteiger partial charge in [-0.3, -0.25) is 4.98 Å². The summed E-state index contributed by atoms with van der Waals surface area (Å²) in [6.45, 7) is 3.86. The molecule has 2 heterocycles. The Morgan fingerprint density at radius 1 is 1.26 bits per heavy atom. The minimum atomic E-state index is 0.594. The Balaban J connectivity index is 1.93. The molecule has 2 unspecified atom stereocenters. The zero-order chi connectivity index (χ0) is 13.2. The lowest BCUT2D eigenvalue weighted by molar-refractivity contribution is 0.243. The van der Waals surface area contributed by atoms with Crippen LogP contribution >= 0.6 is 0 Å². The maximum Gasteiger partial charge on any atom is 0.0448 e. The summed E-state index contributed by atoms with van der Waals surface area (Å²) in [6.07, 6.45) is 10.3. The van der Waals surface area contributed by atoms with E-state index in [1.807, 2.05) is 6.20 Å². The summed E-state index contributed by atoms with van der Waals surface area (Å²) in [7, 11) is 0. The average molecular weight is 259 g/mol. The number of rotatable bonds is 2. The van der Waals surface area contributed by atoms with Crippen LogP contribution in [0.25, 0.3) is 0 Å². The lowest BCUT2D eigenvalue weighted by Crippen LogP contribution is -2.47. The summed E-state index contributed by atoms with van der Waals surface area (Å²) in [5.41, 5.74) is 9.57. The number of fused-ring (bicyclic) bond motifs is 1. The van der Waals surface area contributed by atoms with Gasteiger partial charge in [0.2, 0.25) is 0 Å². The van der Waals surface area contributed by atoms with Gasteiger partial charge in [-0.2, -0.15) is 0 Å². The van der Waals surface area contributed by atoms with Gasteiger partial charge >= 0.3 is 0 Å². The second-order valence-corrected chi connectivity index (χ2v) is 6.11. The number of pyridine rings is 1. The molecule has 1 aromatic rings. The number of aromatic nitrogens is 1. The van der Waals surface area contributed by atoms with E-state index in [1.165, 1.54) is 56.3 Å². The molecule has 3 nitrogen and oxygen atoms in total. The van der Waals surface area contributed by atoms with Crippen LogP contribution in [-0.2, 0) is 6.54 Å². The van der Waals surface area contributed by atoms with Crippen molar-refractivity contribution in [2.45, 2.75) is 58.0 Å². The Hall–Kier alpha value is -1.09. The first-order chi connectivity index (χ1) is 9.29. The molecule has 0 bridgehead atoms. The molecule has 19 heavy (non-hydrogen) atoms. The van der Waals surface area contributed by atoms with Crippen LogP contribution in [0.3, 0.4) is 0 Å². The Morgan fingerprint density at radius 3 is 2.89 bits per heavy atom. The molecule has 0 amide bonds. The van der Waals surface area contributed by atoms with E-state index in [0.717, 1.165) is 17.7 Å². The van der Waals surface area contributed by atoms with E-state index in [-0.39, 0.29) is 0 Å². The van der Waals surface area contributed by atoms with Gasteiger partial charge in [0.15, 0.2) is 0 Å². The molecule has 3 heteroatoms. The second-order valence-electron chi connectivity index (χ2n) is 6.11. The molecule has 1 saturated heterocycles. The highest BCUT2D eigenvalue weighted by Crippen LogP contribution is 2.38. The largest absolute Gasteiger partial charge is 0.368 e. The van der Waals surface area contributed by atoms with Crippen molar-refractivity contribution in [3.63, 3.8) is 0 Å². The van der Waals surface area contributed by atoms with Gasteiger partial charge in [0.1, 0.15) is 0 Å². The normalized spacial score (nSPS) is 27.2. The SMILES string of the molecule is Cc1cc(N2CCCC3CCCCC32)c(CN)cn1. The zero-order valence-corrected chi connectivity index (χ0v) is 11.9. The molecule has 104 valence electrons. The number of piperidine rings is 1.